The maximum atomic E-state index is 9.42. The summed E-state index contributed by atoms with van der Waals surface area (Å²) in [5.74, 6) is 1.58. The Morgan fingerprint density at radius 1 is 0.913 bits per heavy atom. The average molecular weight is 310 g/mol. The van der Waals surface area contributed by atoms with Gasteiger partial charge in [0.05, 0.1) is 37.9 Å². The number of aliphatic hydroxyl groups excluding tert-OH is 1. The van der Waals surface area contributed by atoms with Crippen LogP contribution in [0.5, 0.6) is 11.5 Å². The molecule has 0 unspecified atom stereocenters. The highest BCUT2D eigenvalue weighted by molar-refractivity contribution is 5.63. The minimum absolute atomic E-state index is 0.105. The van der Waals surface area contributed by atoms with E-state index in [1.54, 1.807) is 14.2 Å². The van der Waals surface area contributed by atoms with Gasteiger partial charge in [-0.3, -0.25) is 0 Å². The quantitative estimate of drug-likeness (QED) is 0.787. The molecule has 0 aliphatic carbocycles. The van der Waals surface area contributed by atoms with Crippen LogP contribution in [0.15, 0.2) is 54.6 Å². The molecule has 23 heavy (non-hydrogen) atoms. The highest BCUT2D eigenvalue weighted by Gasteiger charge is 2.11. The Bertz CT molecular complexity index is 712. The number of hydrogen-bond donors (Lipinski definition) is 1. The van der Waals surface area contributed by atoms with Gasteiger partial charge in [0.1, 0.15) is 11.5 Å². The van der Waals surface area contributed by atoms with Gasteiger partial charge in [0, 0.05) is 5.56 Å². The summed E-state index contributed by atoms with van der Waals surface area (Å²) in [6.07, 6.45) is 0. The van der Waals surface area contributed by atoms with E-state index in [9.17, 15) is 5.11 Å². The molecular weight excluding hydrogens is 292 g/mol. The van der Waals surface area contributed by atoms with Crippen LogP contribution in [0, 0.1) is 0 Å². The van der Waals surface area contributed by atoms with Crippen LogP contribution >= 0.6 is 0 Å². The molecular formula is C18H18N2O3. The monoisotopic (exact) mass is 310 g/mol. The second-order valence-corrected chi connectivity index (χ2v) is 5.02. The molecule has 0 bridgehead atoms. The molecule has 0 amide bonds. The van der Waals surface area contributed by atoms with Crippen molar-refractivity contribution in [3.05, 3.63) is 60.3 Å². The molecule has 0 aliphatic heterocycles. The molecule has 1 N–H and O–H groups in total. The van der Waals surface area contributed by atoms with Crippen molar-refractivity contribution in [1.29, 1.82) is 0 Å². The van der Waals surface area contributed by atoms with Crippen molar-refractivity contribution in [1.82, 2.24) is 9.78 Å². The Kier molecular flexibility index (Phi) is 4.30. The number of rotatable bonds is 5. The molecule has 118 valence electrons. The van der Waals surface area contributed by atoms with Crippen molar-refractivity contribution in [2.75, 3.05) is 14.2 Å². The van der Waals surface area contributed by atoms with Crippen molar-refractivity contribution >= 4 is 0 Å². The normalized spacial score (nSPS) is 10.6. The zero-order valence-corrected chi connectivity index (χ0v) is 13.1. The molecule has 5 nitrogen and oxygen atoms in total. The van der Waals surface area contributed by atoms with Crippen LogP contribution in [0.4, 0.5) is 0 Å². The Morgan fingerprint density at radius 3 is 2.00 bits per heavy atom. The van der Waals surface area contributed by atoms with Gasteiger partial charge in [-0.15, -0.1) is 0 Å². The Balaban J connectivity index is 2.06. The fraction of sp³-hybridized carbons (Fsp3) is 0.167. The Morgan fingerprint density at radius 2 is 1.48 bits per heavy atom. The van der Waals surface area contributed by atoms with Crippen LogP contribution in [0.3, 0.4) is 0 Å². The van der Waals surface area contributed by atoms with Crippen molar-refractivity contribution in [3.8, 4) is 28.4 Å². The maximum absolute atomic E-state index is 9.42. The summed E-state index contributed by atoms with van der Waals surface area (Å²) >= 11 is 0. The van der Waals surface area contributed by atoms with Gasteiger partial charge in [0.15, 0.2) is 0 Å². The summed E-state index contributed by atoms with van der Waals surface area (Å²) < 4.78 is 12.2. The summed E-state index contributed by atoms with van der Waals surface area (Å²) in [4.78, 5) is 0. The van der Waals surface area contributed by atoms with Crippen molar-refractivity contribution < 1.29 is 14.6 Å². The average Bonchev–Trinajstić information content (AvgIpc) is 3.06. The molecule has 0 fully saturated rings. The fourth-order valence-corrected chi connectivity index (χ4v) is 2.40. The number of benzene rings is 2. The molecule has 0 saturated carbocycles. The Hall–Kier alpha value is -2.79. The number of hydrogen-bond acceptors (Lipinski definition) is 4. The van der Waals surface area contributed by atoms with E-state index >= 15 is 0 Å². The highest BCUT2D eigenvalue weighted by Crippen LogP contribution is 2.26. The molecule has 3 rings (SSSR count). The first kappa shape index (κ1) is 15.1. The van der Waals surface area contributed by atoms with Gasteiger partial charge in [-0.25, -0.2) is 4.68 Å². The molecule has 1 heterocycles. The molecule has 0 aliphatic rings. The van der Waals surface area contributed by atoms with E-state index in [1.165, 1.54) is 0 Å². The van der Waals surface area contributed by atoms with Gasteiger partial charge < -0.3 is 14.6 Å². The van der Waals surface area contributed by atoms with E-state index in [-0.39, 0.29) is 6.61 Å². The molecule has 1 aromatic heterocycles. The van der Waals surface area contributed by atoms with Crippen molar-refractivity contribution in [2.24, 2.45) is 0 Å². The maximum Gasteiger partial charge on any atom is 0.119 e. The van der Waals surface area contributed by atoms with E-state index < -0.39 is 0 Å². The van der Waals surface area contributed by atoms with E-state index in [1.807, 2.05) is 59.3 Å². The first-order valence-electron chi connectivity index (χ1n) is 7.24. The van der Waals surface area contributed by atoms with Gasteiger partial charge in [-0.05, 0) is 54.6 Å². The minimum Gasteiger partial charge on any atom is -0.497 e. The number of ether oxygens (including phenoxy) is 2. The summed E-state index contributed by atoms with van der Waals surface area (Å²) in [6.45, 7) is -0.105. The molecule has 0 atom stereocenters. The van der Waals surface area contributed by atoms with Crippen LogP contribution in [-0.2, 0) is 6.61 Å². The molecule has 3 aromatic rings. The van der Waals surface area contributed by atoms with Gasteiger partial charge >= 0.3 is 0 Å². The lowest BCUT2D eigenvalue weighted by atomic mass is 10.1. The fourth-order valence-electron chi connectivity index (χ4n) is 2.40. The first-order valence-corrected chi connectivity index (χ1v) is 7.24. The lowest BCUT2D eigenvalue weighted by Gasteiger charge is -2.09. The molecule has 5 heteroatoms. The second-order valence-electron chi connectivity index (χ2n) is 5.02. The third-order valence-electron chi connectivity index (χ3n) is 3.62. The lowest BCUT2D eigenvalue weighted by molar-refractivity contribution is 0.276. The van der Waals surface area contributed by atoms with Gasteiger partial charge in [0.2, 0.25) is 0 Å². The summed E-state index contributed by atoms with van der Waals surface area (Å²) in [7, 11) is 3.27. The van der Waals surface area contributed by atoms with Crippen LogP contribution in [0.1, 0.15) is 5.69 Å². The summed E-state index contributed by atoms with van der Waals surface area (Å²) in [6, 6.07) is 17.2. The van der Waals surface area contributed by atoms with Crippen LogP contribution in [0.2, 0.25) is 0 Å². The summed E-state index contributed by atoms with van der Waals surface area (Å²) in [5.41, 5.74) is 3.42. The molecule has 0 saturated heterocycles. The third kappa shape index (κ3) is 3.05. The van der Waals surface area contributed by atoms with Crippen LogP contribution in [-0.4, -0.2) is 29.1 Å². The number of aliphatic hydroxyl groups is 1. The predicted molar refractivity (Wildman–Crippen MR) is 88.0 cm³/mol. The zero-order valence-electron chi connectivity index (χ0n) is 13.1. The topological polar surface area (TPSA) is 56.5 Å². The minimum atomic E-state index is -0.105. The van der Waals surface area contributed by atoms with E-state index in [0.717, 1.165) is 28.4 Å². The molecule has 2 aromatic carbocycles. The highest BCUT2D eigenvalue weighted by atomic mass is 16.5. The van der Waals surface area contributed by atoms with Crippen LogP contribution < -0.4 is 9.47 Å². The predicted octanol–water partition coefficient (Wildman–Crippen LogP) is 3.05. The SMILES string of the molecule is COc1ccc(-c2cc(CO)nn2-c2ccc(OC)cc2)cc1. The van der Waals surface area contributed by atoms with Gasteiger partial charge in [0.25, 0.3) is 0 Å². The van der Waals surface area contributed by atoms with Crippen molar-refractivity contribution in [2.45, 2.75) is 6.61 Å². The third-order valence-corrected chi connectivity index (χ3v) is 3.62. The van der Waals surface area contributed by atoms with Gasteiger partial charge in [-0.1, -0.05) is 0 Å². The second kappa shape index (κ2) is 6.54. The van der Waals surface area contributed by atoms with Gasteiger partial charge in [-0.2, -0.15) is 5.10 Å². The zero-order chi connectivity index (χ0) is 16.2. The van der Waals surface area contributed by atoms with E-state index in [0.29, 0.717) is 5.69 Å². The lowest BCUT2D eigenvalue weighted by Crippen LogP contribution is -2.00. The molecule has 0 spiro atoms. The number of aromatic nitrogens is 2. The van der Waals surface area contributed by atoms with E-state index in [2.05, 4.69) is 5.10 Å². The smallest absolute Gasteiger partial charge is 0.119 e. The number of methoxy groups -OCH3 is 2. The number of nitrogens with zero attached hydrogens (tertiary/aromatic N) is 2. The largest absolute Gasteiger partial charge is 0.497 e. The van der Waals surface area contributed by atoms with Crippen LogP contribution in [0.25, 0.3) is 16.9 Å². The van der Waals surface area contributed by atoms with Crippen molar-refractivity contribution in [3.63, 3.8) is 0 Å². The first-order chi connectivity index (χ1) is 11.2. The Labute approximate surface area is 134 Å². The van der Waals surface area contributed by atoms with E-state index in [4.69, 9.17) is 9.47 Å². The standard InChI is InChI=1S/C18H18N2O3/c1-22-16-7-3-13(4-8-16)18-11-14(12-21)19-20(18)15-5-9-17(23-2)10-6-15/h3-11,21H,12H2,1-2H3. The molecule has 0 radical (unpaired) electrons. The summed E-state index contributed by atoms with van der Waals surface area (Å²) in [5, 5.41) is 13.9.